The van der Waals surface area contributed by atoms with Crippen molar-refractivity contribution in [3.05, 3.63) is 48.3 Å². The van der Waals surface area contributed by atoms with Gasteiger partial charge in [0.1, 0.15) is 12.1 Å². The van der Waals surface area contributed by atoms with Gasteiger partial charge >= 0.3 is 0 Å². The number of benzene rings is 2. The van der Waals surface area contributed by atoms with Crippen LogP contribution in [-0.4, -0.2) is 62.8 Å². The van der Waals surface area contributed by atoms with Crippen LogP contribution in [-0.2, 0) is 9.84 Å². The molecule has 1 saturated heterocycles. The molecule has 1 fully saturated rings. The average Bonchev–Trinajstić information content (AvgIpc) is 2.67. The predicted molar refractivity (Wildman–Crippen MR) is 117 cm³/mol. The Bertz CT molecular complexity index is 1150. The summed E-state index contributed by atoms with van der Waals surface area (Å²) >= 11 is 0. The molecule has 0 saturated carbocycles. The van der Waals surface area contributed by atoms with Crippen LogP contribution >= 0.6 is 0 Å². The number of likely N-dealkylation sites (N-methyl/N-ethyl adjacent to an activating group) is 1. The van der Waals surface area contributed by atoms with Crippen LogP contribution in [0.25, 0.3) is 10.9 Å². The first-order valence-corrected chi connectivity index (χ1v) is 11.5. The number of anilines is 3. The predicted octanol–water partition coefficient (Wildman–Crippen LogP) is 2.84. The van der Waals surface area contributed by atoms with Crippen LogP contribution in [0.3, 0.4) is 0 Å². The van der Waals surface area contributed by atoms with Crippen molar-refractivity contribution in [3.63, 3.8) is 0 Å². The number of nitrogens with one attached hydrogen (secondary N) is 1. The van der Waals surface area contributed by atoms with E-state index in [1.165, 1.54) is 18.3 Å². The molecular formula is C21H25N5O2S. The molecule has 29 heavy (non-hydrogen) atoms. The van der Waals surface area contributed by atoms with Gasteiger partial charge in [0.15, 0.2) is 9.84 Å². The van der Waals surface area contributed by atoms with E-state index in [1.807, 2.05) is 0 Å². The number of rotatable bonds is 4. The summed E-state index contributed by atoms with van der Waals surface area (Å²) in [5.41, 5.74) is 3.94. The van der Waals surface area contributed by atoms with Crippen molar-refractivity contribution in [1.82, 2.24) is 14.9 Å². The Kier molecular flexibility index (Phi) is 5.14. The molecule has 8 heteroatoms. The lowest BCUT2D eigenvalue weighted by Crippen LogP contribution is -2.44. The Morgan fingerprint density at radius 1 is 1.00 bits per heavy atom. The van der Waals surface area contributed by atoms with Crippen molar-refractivity contribution >= 4 is 37.9 Å². The van der Waals surface area contributed by atoms with Gasteiger partial charge in [-0.3, -0.25) is 0 Å². The SMILES string of the molecule is Cc1cc(Nc2ncnc3ccc(S(C)(=O)=O)cc23)cc(N2CCN(C)CC2)c1. The standard InChI is InChI=1S/C21H25N5O2S/c1-15-10-16(12-17(11-15)26-8-6-25(2)7-9-26)24-21-19-13-18(29(3,27)28)4-5-20(19)22-14-23-21/h4-5,10-14H,6-9H2,1-3H3,(H,22,23,24). The highest BCUT2D eigenvalue weighted by Crippen LogP contribution is 2.29. The molecule has 0 radical (unpaired) electrons. The third-order valence-corrected chi connectivity index (χ3v) is 6.34. The second kappa shape index (κ2) is 7.61. The molecule has 1 aliphatic rings. The summed E-state index contributed by atoms with van der Waals surface area (Å²) < 4.78 is 23.9. The van der Waals surface area contributed by atoms with E-state index >= 15 is 0 Å². The highest BCUT2D eigenvalue weighted by atomic mass is 32.2. The number of fused-ring (bicyclic) bond motifs is 1. The van der Waals surface area contributed by atoms with Crippen molar-refractivity contribution in [2.24, 2.45) is 0 Å². The Morgan fingerprint density at radius 3 is 2.48 bits per heavy atom. The third kappa shape index (κ3) is 4.33. The first kappa shape index (κ1) is 19.6. The molecule has 3 aromatic rings. The Labute approximate surface area is 171 Å². The smallest absolute Gasteiger partial charge is 0.175 e. The zero-order valence-electron chi connectivity index (χ0n) is 16.9. The van der Waals surface area contributed by atoms with E-state index in [2.05, 4.69) is 57.3 Å². The van der Waals surface area contributed by atoms with Gasteiger partial charge < -0.3 is 15.1 Å². The van der Waals surface area contributed by atoms with Gasteiger partial charge in [0, 0.05) is 49.2 Å². The maximum absolute atomic E-state index is 12.0. The molecule has 1 aromatic heterocycles. The van der Waals surface area contributed by atoms with E-state index in [0.717, 1.165) is 37.4 Å². The highest BCUT2D eigenvalue weighted by Gasteiger charge is 2.16. The van der Waals surface area contributed by atoms with Gasteiger partial charge in [0.2, 0.25) is 0 Å². The fraction of sp³-hybridized carbons (Fsp3) is 0.333. The largest absolute Gasteiger partial charge is 0.369 e. The summed E-state index contributed by atoms with van der Waals surface area (Å²) in [5.74, 6) is 0.593. The first-order chi connectivity index (χ1) is 13.8. The molecule has 0 aliphatic carbocycles. The summed E-state index contributed by atoms with van der Waals surface area (Å²) in [4.78, 5) is 13.6. The third-order valence-electron chi connectivity index (χ3n) is 5.23. The van der Waals surface area contributed by atoms with Gasteiger partial charge in [-0.25, -0.2) is 18.4 Å². The molecule has 7 nitrogen and oxygen atoms in total. The van der Waals surface area contributed by atoms with Gasteiger partial charge in [-0.2, -0.15) is 0 Å². The van der Waals surface area contributed by atoms with Crippen molar-refractivity contribution in [2.45, 2.75) is 11.8 Å². The monoisotopic (exact) mass is 411 g/mol. The van der Waals surface area contributed by atoms with E-state index < -0.39 is 9.84 Å². The van der Waals surface area contributed by atoms with E-state index in [0.29, 0.717) is 16.7 Å². The second-order valence-corrected chi connectivity index (χ2v) is 9.66. The fourth-order valence-corrected chi connectivity index (χ4v) is 4.23. The van der Waals surface area contributed by atoms with Crippen molar-refractivity contribution in [3.8, 4) is 0 Å². The number of nitrogens with zero attached hydrogens (tertiary/aromatic N) is 4. The van der Waals surface area contributed by atoms with Gasteiger partial charge in [-0.05, 0) is 55.9 Å². The van der Waals surface area contributed by atoms with Crippen LogP contribution < -0.4 is 10.2 Å². The molecule has 0 bridgehead atoms. The number of aryl methyl sites for hydroxylation is 1. The number of piperazine rings is 1. The Balaban J connectivity index is 1.69. The number of hydrogen-bond acceptors (Lipinski definition) is 7. The minimum atomic E-state index is -3.31. The maximum atomic E-state index is 12.0. The first-order valence-electron chi connectivity index (χ1n) is 9.57. The zero-order valence-corrected chi connectivity index (χ0v) is 17.7. The number of sulfone groups is 1. The molecule has 2 heterocycles. The van der Waals surface area contributed by atoms with Crippen LogP contribution in [0.15, 0.2) is 47.6 Å². The lowest BCUT2D eigenvalue weighted by atomic mass is 10.1. The molecule has 0 unspecified atom stereocenters. The van der Waals surface area contributed by atoms with E-state index in [-0.39, 0.29) is 4.90 Å². The van der Waals surface area contributed by atoms with Gasteiger partial charge in [-0.1, -0.05) is 0 Å². The summed E-state index contributed by atoms with van der Waals surface area (Å²) in [5, 5.41) is 4.05. The topological polar surface area (TPSA) is 78.4 Å². The Morgan fingerprint density at radius 2 is 1.76 bits per heavy atom. The Hall–Kier alpha value is -2.71. The molecule has 152 valence electrons. The minimum Gasteiger partial charge on any atom is -0.369 e. The highest BCUT2D eigenvalue weighted by molar-refractivity contribution is 7.90. The molecule has 0 amide bonds. The maximum Gasteiger partial charge on any atom is 0.175 e. The molecule has 1 N–H and O–H groups in total. The number of hydrogen-bond donors (Lipinski definition) is 1. The molecule has 0 spiro atoms. The molecule has 0 atom stereocenters. The van der Waals surface area contributed by atoms with Crippen LogP contribution in [0, 0.1) is 6.92 Å². The average molecular weight is 412 g/mol. The van der Waals surface area contributed by atoms with Crippen molar-refractivity contribution in [2.75, 3.05) is 49.7 Å². The molecule has 4 rings (SSSR count). The lowest BCUT2D eigenvalue weighted by molar-refractivity contribution is 0.313. The van der Waals surface area contributed by atoms with Gasteiger partial charge in [0.25, 0.3) is 0 Å². The van der Waals surface area contributed by atoms with Crippen LogP contribution in [0.2, 0.25) is 0 Å². The summed E-state index contributed by atoms with van der Waals surface area (Å²) in [6.45, 7) is 6.15. The summed E-state index contributed by atoms with van der Waals surface area (Å²) in [7, 11) is -1.17. The van der Waals surface area contributed by atoms with Crippen molar-refractivity contribution in [1.29, 1.82) is 0 Å². The summed E-state index contributed by atoms with van der Waals surface area (Å²) in [6, 6.07) is 11.3. The van der Waals surface area contributed by atoms with Crippen LogP contribution in [0.4, 0.5) is 17.2 Å². The second-order valence-electron chi connectivity index (χ2n) is 7.65. The molecular weight excluding hydrogens is 386 g/mol. The minimum absolute atomic E-state index is 0.255. The van der Waals surface area contributed by atoms with Crippen LogP contribution in [0.1, 0.15) is 5.56 Å². The molecule has 1 aliphatic heterocycles. The number of aromatic nitrogens is 2. The van der Waals surface area contributed by atoms with E-state index in [1.54, 1.807) is 18.2 Å². The van der Waals surface area contributed by atoms with E-state index in [4.69, 9.17) is 0 Å². The normalized spacial score (nSPS) is 15.6. The zero-order chi connectivity index (χ0) is 20.6. The fourth-order valence-electron chi connectivity index (χ4n) is 3.58. The van der Waals surface area contributed by atoms with Crippen molar-refractivity contribution < 1.29 is 8.42 Å². The lowest BCUT2D eigenvalue weighted by Gasteiger charge is -2.34. The van der Waals surface area contributed by atoms with Gasteiger partial charge in [-0.15, -0.1) is 0 Å². The van der Waals surface area contributed by atoms with Crippen LogP contribution in [0.5, 0.6) is 0 Å². The van der Waals surface area contributed by atoms with Gasteiger partial charge in [0.05, 0.1) is 10.4 Å². The molecule has 2 aromatic carbocycles. The quantitative estimate of drug-likeness (QED) is 0.707. The summed E-state index contributed by atoms with van der Waals surface area (Å²) in [6.07, 6.45) is 2.69. The van der Waals surface area contributed by atoms with E-state index in [9.17, 15) is 8.42 Å².